The maximum atomic E-state index is 14.6. The smallest absolute Gasteiger partial charge is 0.409 e. The SMILES string of the molecule is CC1(C)CCC(CN2CCN(c3ccc(C(=O)NS(=O)(=O)c4ccc(NC[C@@H]5CN(C(=O)OCC6c7ccccc7-c7ccccc76)CCO5)c([N+](=O)[O-])c4)c(-n4ncc5nc6c(ccn6COCC[Si](C)(C)C)cc54)c3)CC2)=C(c2ccc(Cl)cc2)C1. The van der Waals surface area contributed by atoms with E-state index in [1.165, 1.54) is 28.8 Å². The summed E-state index contributed by atoms with van der Waals surface area (Å²) in [7, 11) is -6.02. The van der Waals surface area contributed by atoms with Crippen molar-refractivity contribution in [3.8, 4) is 16.8 Å². The van der Waals surface area contributed by atoms with E-state index in [1.54, 1.807) is 21.8 Å². The molecule has 8 aromatic rings. The number of amides is 2. The number of morpholine rings is 1. The fourth-order valence-corrected chi connectivity index (χ4v) is 14.4. The van der Waals surface area contributed by atoms with Crippen LogP contribution in [0.4, 0.5) is 21.9 Å². The number of piperazine rings is 1. The van der Waals surface area contributed by atoms with Gasteiger partial charge in [-0.3, -0.25) is 19.8 Å². The maximum absolute atomic E-state index is 14.6. The lowest BCUT2D eigenvalue weighted by Gasteiger charge is -2.39. The second-order valence-corrected chi connectivity index (χ2v) is 33.1. The quantitative estimate of drug-likeness (QED) is 0.0334. The minimum atomic E-state index is -4.72. The topological polar surface area (TPSA) is 209 Å². The lowest BCUT2D eigenvalue weighted by Crippen LogP contribution is -2.48. The van der Waals surface area contributed by atoms with Crippen LogP contribution in [0.3, 0.4) is 0 Å². The Hall–Kier alpha value is -7.92. The number of nitro benzene ring substituents is 1. The fraction of sp³-hybridized carbons (Fsp3) is 0.364. The van der Waals surface area contributed by atoms with E-state index >= 15 is 0 Å². The Kier molecular flexibility index (Phi) is 17.1. The van der Waals surface area contributed by atoms with E-state index in [-0.39, 0.29) is 48.9 Å². The Morgan fingerprint density at radius 1 is 0.898 bits per heavy atom. The second kappa shape index (κ2) is 24.9. The molecular weight excluding hydrogens is 1170 g/mol. The number of anilines is 2. The molecule has 2 saturated heterocycles. The maximum Gasteiger partial charge on any atom is 0.409 e. The van der Waals surface area contributed by atoms with Crippen molar-refractivity contribution in [2.75, 3.05) is 82.4 Å². The average molecular weight is 1250 g/mol. The zero-order valence-corrected chi connectivity index (χ0v) is 52.8. The third-order valence-electron chi connectivity index (χ3n) is 17.4. The van der Waals surface area contributed by atoms with Gasteiger partial charge in [-0.15, -0.1) is 0 Å². The number of hydrogen-bond acceptors (Lipinski definition) is 14. The molecule has 4 aliphatic rings. The summed E-state index contributed by atoms with van der Waals surface area (Å²) in [6, 6.07) is 38.0. The zero-order valence-electron chi connectivity index (χ0n) is 50.2. The van der Waals surface area contributed by atoms with Crippen molar-refractivity contribution in [3.05, 3.63) is 177 Å². The average Bonchev–Trinajstić information content (AvgIpc) is 2.10. The number of rotatable bonds is 19. The minimum Gasteiger partial charge on any atom is -0.448 e. The van der Waals surface area contributed by atoms with Gasteiger partial charge in [0.25, 0.3) is 21.6 Å². The summed E-state index contributed by atoms with van der Waals surface area (Å²) in [6.07, 6.45) is 5.61. The number of nitrogens with one attached hydrogen (secondary N) is 2. The highest BCUT2D eigenvalue weighted by molar-refractivity contribution is 7.90. The first-order valence-electron chi connectivity index (χ1n) is 30.1. The van der Waals surface area contributed by atoms with Gasteiger partial charge in [0.05, 0.1) is 52.0 Å². The number of allylic oxidation sites excluding steroid dienone is 1. The molecule has 12 rings (SSSR count). The number of nitrogens with zero attached hydrogens (tertiary/aromatic N) is 8. The van der Waals surface area contributed by atoms with Crippen LogP contribution in [-0.4, -0.2) is 141 Å². The van der Waals surface area contributed by atoms with Gasteiger partial charge < -0.3 is 33.9 Å². The largest absolute Gasteiger partial charge is 0.448 e. The number of nitro groups is 1. The summed E-state index contributed by atoms with van der Waals surface area (Å²) >= 11 is 6.31. The molecule has 0 radical (unpaired) electrons. The Balaban J connectivity index is 0.755. The molecule has 2 amide bonds. The van der Waals surface area contributed by atoms with Crippen molar-refractivity contribution in [2.24, 2.45) is 5.41 Å². The Morgan fingerprint density at radius 2 is 1.64 bits per heavy atom. The van der Waals surface area contributed by atoms with Gasteiger partial charge in [-0.2, -0.15) is 5.10 Å². The fourth-order valence-electron chi connectivity index (χ4n) is 12.5. The number of sulfonamides is 1. The van der Waals surface area contributed by atoms with Crippen LogP contribution >= 0.6 is 11.6 Å². The second-order valence-electron chi connectivity index (χ2n) is 25.4. The van der Waals surface area contributed by atoms with Crippen molar-refractivity contribution in [1.82, 2.24) is 33.9 Å². The molecule has 2 N–H and O–H groups in total. The van der Waals surface area contributed by atoms with E-state index < -0.39 is 51.7 Å². The number of carbonyl (C=O) groups excluding carboxylic acids is 2. The number of hydrogen-bond donors (Lipinski definition) is 2. The molecule has 19 nitrogen and oxygen atoms in total. The summed E-state index contributed by atoms with van der Waals surface area (Å²) < 4.78 is 52.3. The van der Waals surface area contributed by atoms with Crippen LogP contribution in [-0.2, 0) is 31.0 Å². The van der Waals surface area contributed by atoms with Crippen LogP contribution in [0.1, 0.15) is 66.1 Å². The van der Waals surface area contributed by atoms with Crippen LogP contribution < -0.4 is 14.9 Å². The standard InChI is InChI=1S/C66H73ClN10O9SSi/c1-66(2)24-22-46(56(37-66)44-14-16-47(67)17-15-44)40-72-26-28-73(29-27-72)48-18-20-55(60(35-48)76-61-34-45-23-25-75(43-84-32-33-88(3,4)5)63(45)70-59(61)39-69-76)64(78)71-87(82,83)50-19-21-58(62(36-50)77(80)81)68-38-49-41-74(30-31-85-49)65(79)86-42-57-53-12-8-6-10-51(53)52-11-7-9-13-54(52)57/h6-21,23,25,34-36,39,49,57,68H,22,24,26-33,37-38,40-43H2,1-5H3,(H,71,78)/t49-/m1/s1. The van der Waals surface area contributed by atoms with Crippen molar-refractivity contribution < 1.29 is 37.1 Å². The number of carbonyl (C=O) groups is 2. The summed E-state index contributed by atoms with van der Waals surface area (Å²) in [6.45, 7) is 17.3. The van der Waals surface area contributed by atoms with Crippen molar-refractivity contribution >= 4 is 86.4 Å². The number of fused-ring (bicyclic) bond motifs is 5. The van der Waals surface area contributed by atoms with Gasteiger partial charge in [0, 0.05) is 94.8 Å². The number of aromatic nitrogens is 4. The molecule has 88 heavy (non-hydrogen) atoms. The summed E-state index contributed by atoms with van der Waals surface area (Å²) in [5.41, 5.74) is 11.2. The Bertz CT molecular complexity index is 4070. The van der Waals surface area contributed by atoms with Gasteiger partial charge in [-0.05, 0) is 119 Å². The third-order valence-corrected chi connectivity index (χ3v) is 20.7. The molecule has 0 bridgehead atoms. The van der Waals surface area contributed by atoms with Crippen LogP contribution in [0.25, 0.3) is 44.5 Å². The van der Waals surface area contributed by atoms with Gasteiger partial charge in [-0.25, -0.2) is 27.6 Å². The number of pyridine rings is 1. The highest BCUT2D eigenvalue weighted by atomic mass is 35.5. The van der Waals surface area contributed by atoms with E-state index in [9.17, 15) is 28.1 Å². The number of ether oxygens (including phenoxy) is 3. The molecule has 0 spiro atoms. The van der Waals surface area contributed by atoms with Crippen LogP contribution in [0.15, 0.2) is 144 Å². The molecule has 2 aliphatic heterocycles. The molecule has 458 valence electrons. The first kappa shape index (κ1) is 60.4. The predicted octanol–water partition coefficient (Wildman–Crippen LogP) is 12.2. The van der Waals surface area contributed by atoms with E-state index in [4.69, 9.17) is 35.9 Å². The van der Waals surface area contributed by atoms with Crippen LogP contribution in [0.5, 0.6) is 0 Å². The molecule has 2 fully saturated rings. The summed E-state index contributed by atoms with van der Waals surface area (Å²) in [4.78, 5) is 50.9. The van der Waals surface area contributed by atoms with Crippen LogP contribution in [0.2, 0.25) is 30.7 Å². The van der Waals surface area contributed by atoms with Crippen molar-refractivity contribution in [2.45, 2.75) is 82.4 Å². The minimum absolute atomic E-state index is 0.00119. The molecule has 1 atom stereocenters. The molecule has 0 unspecified atom stereocenters. The summed E-state index contributed by atoms with van der Waals surface area (Å²) in [5.74, 6) is -1.08. The molecule has 22 heteroatoms. The van der Waals surface area contributed by atoms with Gasteiger partial charge in [-0.1, -0.05) is 111 Å². The van der Waals surface area contributed by atoms with Gasteiger partial charge in [0.2, 0.25) is 0 Å². The summed E-state index contributed by atoms with van der Waals surface area (Å²) in [5, 5.41) is 22.0. The lowest BCUT2D eigenvalue weighted by atomic mass is 9.72. The zero-order chi connectivity index (χ0) is 61.5. The van der Waals surface area contributed by atoms with Gasteiger partial charge in [0.15, 0.2) is 0 Å². The molecule has 5 heterocycles. The van der Waals surface area contributed by atoms with Crippen LogP contribution in [0, 0.1) is 15.5 Å². The van der Waals surface area contributed by atoms with Crippen molar-refractivity contribution in [3.63, 3.8) is 0 Å². The van der Waals surface area contributed by atoms with E-state index in [2.05, 4.69) is 89.7 Å². The van der Waals surface area contributed by atoms with Gasteiger partial charge >= 0.3 is 6.09 Å². The first-order chi connectivity index (χ1) is 42.2. The normalized spacial score (nSPS) is 17.3. The predicted molar refractivity (Wildman–Crippen MR) is 346 cm³/mol. The highest BCUT2D eigenvalue weighted by Gasteiger charge is 2.34. The third kappa shape index (κ3) is 13.1. The number of halogens is 1. The van der Waals surface area contributed by atoms with E-state index in [0.29, 0.717) is 60.4 Å². The van der Waals surface area contributed by atoms with Gasteiger partial charge in [0.1, 0.15) is 30.2 Å². The molecule has 2 aliphatic carbocycles. The number of benzene rings is 5. The van der Waals surface area contributed by atoms with E-state index in [0.717, 1.165) is 84.3 Å². The molecule has 5 aromatic carbocycles. The molecule has 3 aromatic heterocycles. The molecule has 0 saturated carbocycles. The van der Waals surface area contributed by atoms with E-state index in [1.807, 2.05) is 71.4 Å². The lowest BCUT2D eigenvalue weighted by molar-refractivity contribution is -0.384. The Labute approximate surface area is 518 Å². The highest BCUT2D eigenvalue weighted by Crippen LogP contribution is 2.46. The first-order valence-corrected chi connectivity index (χ1v) is 35.6. The van der Waals surface area contributed by atoms with Crippen molar-refractivity contribution in [1.29, 1.82) is 0 Å². The molecular formula is C66H73ClN10O9SSi. The Morgan fingerprint density at radius 3 is 2.36 bits per heavy atom. The monoisotopic (exact) mass is 1240 g/mol.